The molecule has 2 aromatic heterocycles. The van der Waals surface area contributed by atoms with Gasteiger partial charge < -0.3 is 4.74 Å². The van der Waals surface area contributed by atoms with E-state index in [-0.39, 0.29) is 5.82 Å². The molecule has 1 N–H and O–H groups in total. The third kappa shape index (κ3) is 1.20. The molecule has 0 unspecified atom stereocenters. The first-order valence-electron chi connectivity index (χ1n) is 3.98. The Morgan fingerprint density at radius 2 is 2.29 bits per heavy atom. The Labute approximate surface area is 79.3 Å². The second-order valence-electron chi connectivity index (χ2n) is 2.76. The summed E-state index contributed by atoms with van der Waals surface area (Å²) in [6.07, 6.45) is 1.62. The Morgan fingerprint density at radius 3 is 3.00 bits per heavy atom. The lowest BCUT2D eigenvalue weighted by Gasteiger charge is -1.99. The van der Waals surface area contributed by atoms with Crippen molar-refractivity contribution in [3.63, 3.8) is 0 Å². The lowest BCUT2D eigenvalue weighted by molar-refractivity contribution is 0.0587. The van der Waals surface area contributed by atoms with Crippen LogP contribution in [0.5, 0.6) is 0 Å². The highest BCUT2D eigenvalue weighted by atomic mass is 16.5. The number of aromatic nitrogens is 4. The SMILES string of the molecule is COC(=O)c1nc(C)c2cn[nH]c2n1. The molecule has 2 heterocycles. The van der Waals surface area contributed by atoms with Crippen molar-refractivity contribution in [3.8, 4) is 0 Å². The fourth-order valence-electron chi connectivity index (χ4n) is 1.16. The number of hydrogen-bond acceptors (Lipinski definition) is 5. The first kappa shape index (κ1) is 8.61. The van der Waals surface area contributed by atoms with Gasteiger partial charge in [-0.3, -0.25) is 5.10 Å². The number of nitrogens with one attached hydrogen (secondary N) is 1. The lowest BCUT2D eigenvalue weighted by Crippen LogP contribution is -2.08. The monoisotopic (exact) mass is 192 g/mol. The van der Waals surface area contributed by atoms with Crippen LogP contribution in [0.3, 0.4) is 0 Å². The second kappa shape index (κ2) is 3.06. The topological polar surface area (TPSA) is 80.8 Å². The van der Waals surface area contributed by atoms with Crippen molar-refractivity contribution in [2.45, 2.75) is 6.92 Å². The van der Waals surface area contributed by atoms with E-state index in [1.165, 1.54) is 7.11 Å². The fraction of sp³-hybridized carbons (Fsp3) is 0.250. The van der Waals surface area contributed by atoms with Gasteiger partial charge in [0, 0.05) is 0 Å². The zero-order valence-corrected chi connectivity index (χ0v) is 7.74. The summed E-state index contributed by atoms with van der Waals surface area (Å²) >= 11 is 0. The van der Waals surface area contributed by atoms with Crippen LogP contribution in [-0.2, 0) is 4.74 Å². The molecule has 0 fully saturated rings. The molecular formula is C8H8N4O2. The third-order valence-corrected chi connectivity index (χ3v) is 1.87. The van der Waals surface area contributed by atoms with Crippen LogP contribution in [0.1, 0.15) is 16.3 Å². The predicted molar refractivity (Wildman–Crippen MR) is 47.8 cm³/mol. The molecular weight excluding hydrogens is 184 g/mol. The number of fused-ring (bicyclic) bond motifs is 1. The average Bonchev–Trinajstić information content (AvgIpc) is 2.64. The van der Waals surface area contributed by atoms with Gasteiger partial charge in [0.25, 0.3) is 0 Å². The summed E-state index contributed by atoms with van der Waals surface area (Å²) in [7, 11) is 1.29. The molecule has 6 heteroatoms. The van der Waals surface area contributed by atoms with Crippen LogP contribution >= 0.6 is 0 Å². The zero-order chi connectivity index (χ0) is 10.1. The summed E-state index contributed by atoms with van der Waals surface area (Å²) < 4.78 is 4.52. The Morgan fingerprint density at radius 1 is 1.50 bits per heavy atom. The predicted octanol–water partition coefficient (Wildman–Crippen LogP) is 0.448. The molecule has 0 aliphatic carbocycles. The van der Waals surface area contributed by atoms with Crippen LogP contribution in [0, 0.1) is 6.92 Å². The van der Waals surface area contributed by atoms with Gasteiger partial charge >= 0.3 is 5.97 Å². The van der Waals surface area contributed by atoms with E-state index in [1.807, 2.05) is 0 Å². The van der Waals surface area contributed by atoms with Crippen LogP contribution in [0.15, 0.2) is 6.20 Å². The second-order valence-corrected chi connectivity index (χ2v) is 2.76. The number of ether oxygens (including phenoxy) is 1. The normalized spacial score (nSPS) is 10.4. The van der Waals surface area contributed by atoms with Gasteiger partial charge in [0.1, 0.15) is 0 Å². The van der Waals surface area contributed by atoms with Gasteiger partial charge in [-0.05, 0) is 6.92 Å². The van der Waals surface area contributed by atoms with E-state index in [2.05, 4.69) is 24.9 Å². The molecule has 0 bridgehead atoms. The van der Waals surface area contributed by atoms with Crippen molar-refractivity contribution >= 4 is 17.0 Å². The number of aromatic amines is 1. The first-order chi connectivity index (χ1) is 6.72. The van der Waals surface area contributed by atoms with E-state index in [1.54, 1.807) is 13.1 Å². The molecule has 0 atom stereocenters. The molecule has 0 aliphatic rings. The van der Waals surface area contributed by atoms with Gasteiger partial charge in [-0.1, -0.05) is 0 Å². The molecule has 0 saturated heterocycles. The van der Waals surface area contributed by atoms with Gasteiger partial charge in [-0.2, -0.15) is 5.10 Å². The maximum Gasteiger partial charge on any atom is 0.376 e. The number of aryl methyl sites for hydroxylation is 1. The van der Waals surface area contributed by atoms with E-state index >= 15 is 0 Å². The Hall–Kier alpha value is -1.98. The van der Waals surface area contributed by atoms with Crippen molar-refractivity contribution < 1.29 is 9.53 Å². The van der Waals surface area contributed by atoms with Crippen molar-refractivity contribution in [2.75, 3.05) is 7.11 Å². The summed E-state index contributed by atoms with van der Waals surface area (Å²) in [6.45, 7) is 1.78. The zero-order valence-electron chi connectivity index (χ0n) is 7.74. The first-order valence-corrected chi connectivity index (χ1v) is 3.98. The number of rotatable bonds is 1. The molecule has 0 spiro atoms. The maximum absolute atomic E-state index is 11.1. The minimum Gasteiger partial charge on any atom is -0.463 e. The Balaban J connectivity index is 2.64. The van der Waals surface area contributed by atoms with Gasteiger partial charge in [0.15, 0.2) is 5.65 Å². The molecule has 0 aliphatic heterocycles. The summed E-state index contributed by atoms with van der Waals surface area (Å²) in [5.41, 5.74) is 1.24. The Kier molecular flexibility index (Phi) is 1.88. The number of esters is 1. The number of carbonyl (C=O) groups is 1. The minimum absolute atomic E-state index is 0.0433. The number of carbonyl (C=O) groups excluding carboxylic acids is 1. The minimum atomic E-state index is -0.551. The highest BCUT2D eigenvalue weighted by Crippen LogP contribution is 2.11. The molecule has 6 nitrogen and oxygen atoms in total. The maximum atomic E-state index is 11.1. The largest absolute Gasteiger partial charge is 0.463 e. The quantitative estimate of drug-likeness (QED) is 0.663. The summed E-state index contributed by atoms with van der Waals surface area (Å²) in [5.74, 6) is -0.508. The van der Waals surface area contributed by atoms with Crippen LogP contribution in [0.25, 0.3) is 11.0 Å². The number of H-pyrrole nitrogens is 1. The molecule has 0 saturated carbocycles. The molecule has 14 heavy (non-hydrogen) atoms. The van der Waals surface area contributed by atoms with Crippen LogP contribution in [-0.4, -0.2) is 33.2 Å². The standard InChI is InChI=1S/C8H8N4O2/c1-4-5-3-9-12-6(5)11-7(10-4)8(13)14-2/h3H,1-2H3,(H,9,10,11,12). The molecule has 2 rings (SSSR count). The molecule has 0 aromatic carbocycles. The fourth-order valence-corrected chi connectivity index (χ4v) is 1.16. The smallest absolute Gasteiger partial charge is 0.376 e. The number of nitrogens with zero attached hydrogens (tertiary/aromatic N) is 3. The van der Waals surface area contributed by atoms with Gasteiger partial charge in [-0.25, -0.2) is 14.8 Å². The number of methoxy groups -OCH3 is 1. The Bertz CT molecular complexity index is 491. The van der Waals surface area contributed by atoms with Crippen LogP contribution in [0.2, 0.25) is 0 Å². The third-order valence-electron chi connectivity index (χ3n) is 1.87. The van der Waals surface area contributed by atoms with E-state index in [0.717, 1.165) is 5.39 Å². The van der Waals surface area contributed by atoms with E-state index in [0.29, 0.717) is 11.3 Å². The molecule has 2 aromatic rings. The van der Waals surface area contributed by atoms with Crippen molar-refractivity contribution in [2.24, 2.45) is 0 Å². The van der Waals surface area contributed by atoms with Crippen LogP contribution in [0.4, 0.5) is 0 Å². The summed E-state index contributed by atoms with van der Waals surface area (Å²) in [5, 5.41) is 7.28. The van der Waals surface area contributed by atoms with Crippen molar-refractivity contribution in [3.05, 3.63) is 17.7 Å². The van der Waals surface area contributed by atoms with Crippen LogP contribution < -0.4 is 0 Å². The van der Waals surface area contributed by atoms with Crippen molar-refractivity contribution in [1.82, 2.24) is 20.2 Å². The van der Waals surface area contributed by atoms with E-state index in [9.17, 15) is 4.79 Å². The van der Waals surface area contributed by atoms with E-state index in [4.69, 9.17) is 0 Å². The van der Waals surface area contributed by atoms with Gasteiger partial charge in [0.05, 0.1) is 24.4 Å². The van der Waals surface area contributed by atoms with Crippen molar-refractivity contribution in [1.29, 1.82) is 0 Å². The summed E-state index contributed by atoms with van der Waals surface area (Å²) in [6, 6.07) is 0. The molecule has 72 valence electrons. The summed E-state index contributed by atoms with van der Waals surface area (Å²) in [4.78, 5) is 19.1. The lowest BCUT2D eigenvalue weighted by atomic mass is 10.3. The number of hydrogen-bond donors (Lipinski definition) is 1. The van der Waals surface area contributed by atoms with E-state index < -0.39 is 5.97 Å². The van der Waals surface area contributed by atoms with Gasteiger partial charge in [0.2, 0.25) is 5.82 Å². The molecule has 0 radical (unpaired) electrons. The highest BCUT2D eigenvalue weighted by molar-refractivity contribution is 5.88. The average molecular weight is 192 g/mol. The van der Waals surface area contributed by atoms with Gasteiger partial charge in [-0.15, -0.1) is 0 Å². The molecule has 0 amide bonds. The highest BCUT2D eigenvalue weighted by Gasteiger charge is 2.12.